The third kappa shape index (κ3) is 1.64. The highest BCUT2D eigenvalue weighted by Gasteiger charge is 2.29. The summed E-state index contributed by atoms with van der Waals surface area (Å²) in [5, 5.41) is 0. The fourth-order valence-electron chi connectivity index (χ4n) is 2.40. The number of carbonyl (C=O) groups is 1. The number of hydrogen-bond donors (Lipinski definition) is 2. The molecule has 86 valence electrons. The van der Waals surface area contributed by atoms with Crippen molar-refractivity contribution in [1.82, 2.24) is 4.98 Å². The van der Waals surface area contributed by atoms with Gasteiger partial charge in [-0.15, -0.1) is 0 Å². The zero-order valence-corrected chi connectivity index (χ0v) is 9.59. The van der Waals surface area contributed by atoms with Crippen molar-refractivity contribution >= 4 is 5.91 Å². The van der Waals surface area contributed by atoms with E-state index in [-0.39, 0.29) is 16.5 Å². The first-order valence-corrected chi connectivity index (χ1v) is 5.48. The highest BCUT2D eigenvalue weighted by molar-refractivity contribution is 5.92. The molecule has 0 saturated heterocycles. The van der Waals surface area contributed by atoms with Gasteiger partial charge in [0.1, 0.15) is 5.56 Å². The van der Waals surface area contributed by atoms with Crippen LogP contribution < -0.4 is 11.3 Å². The van der Waals surface area contributed by atoms with Crippen LogP contribution in [0.2, 0.25) is 0 Å². The molecule has 4 heteroatoms. The van der Waals surface area contributed by atoms with Gasteiger partial charge in [0, 0.05) is 11.1 Å². The summed E-state index contributed by atoms with van der Waals surface area (Å²) >= 11 is 0. The summed E-state index contributed by atoms with van der Waals surface area (Å²) < 4.78 is 0. The first-order valence-electron chi connectivity index (χ1n) is 5.48. The highest BCUT2D eigenvalue weighted by atomic mass is 16.2. The summed E-state index contributed by atoms with van der Waals surface area (Å²) in [6.07, 6.45) is 3.02. The molecule has 0 aromatic carbocycles. The van der Waals surface area contributed by atoms with Crippen LogP contribution >= 0.6 is 0 Å². The molecule has 0 radical (unpaired) electrons. The molecule has 1 aromatic heterocycles. The maximum atomic E-state index is 11.7. The van der Waals surface area contributed by atoms with Gasteiger partial charge in [-0.1, -0.05) is 13.8 Å². The maximum absolute atomic E-state index is 11.7. The third-order valence-electron chi connectivity index (χ3n) is 3.31. The molecule has 0 fully saturated rings. The lowest BCUT2D eigenvalue weighted by molar-refractivity contribution is 0.0998. The van der Waals surface area contributed by atoms with Crippen molar-refractivity contribution in [2.24, 2.45) is 5.73 Å². The zero-order chi connectivity index (χ0) is 11.9. The van der Waals surface area contributed by atoms with Crippen LogP contribution in [0.15, 0.2) is 10.9 Å². The van der Waals surface area contributed by atoms with E-state index in [1.165, 1.54) is 0 Å². The summed E-state index contributed by atoms with van der Waals surface area (Å²) in [5.74, 6) is -0.660. The summed E-state index contributed by atoms with van der Waals surface area (Å²) in [5.41, 5.74) is 6.82. The second-order valence-corrected chi connectivity index (χ2v) is 5.01. The van der Waals surface area contributed by atoms with Gasteiger partial charge in [0.05, 0.1) is 0 Å². The summed E-state index contributed by atoms with van der Waals surface area (Å²) in [4.78, 5) is 25.5. The maximum Gasteiger partial charge on any atom is 0.261 e. The van der Waals surface area contributed by atoms with E-state index in [1.54, 1.807) is 6.07 Å². The Hall–Kier alpha value is -1.58. The molecular formula is C12H16N2O2. The Morgan fingerprint density at radius 3 is 2.81 bits per heavy atom. The molecule has 0 bridgehead atoms. The number of nitrogens with two attached hydrogens (primary N) is 1. The van der Waals surface area contributed by atoms with Crippen LogP contribution in [-0.2, 0) is 11.8 Å². The number of H-pyrrole nitrogens is 1. The standard InChI is InChI=1S/C12H16N2O2/c1-12(2)5-3-4-7-6-8(10(13)15)11(16)14-9(7)12/h6H,3-5H2,1-2H3,(H2,13,15)(H,14,16). The average Bonchev–Trinajstić information content (AvgIpc) is 2.17. The van der Waals surface area contributed by atoms with E-state index < -0.39 is 5.91 Å². The van der Waals surface area contributed by atoms with Crippen LogP contribution in [0.4, 0.5) is 0 Å². The molecule has 1 heterocycles. The molecule has 0 atom stereocenters. The van der Waals surface area contributed by atoms with Gasteiger partial charge in [0.15, 0.2) is 0 Å². The number of rotatable bonds is 1. The van der Waals surface area contributed by atoms with Crippen molar-refractivity contribution < 1.29 is 4.79 Å². The lowest BCUT2D eigenvalue weighted by atomic mass is 9.76. The molecule has 1 aliphatic carbocycles. The summed E-state index contributed by atoms with van der Waals surface area (Å²) in [6, 6.07) is 1.65. The van der Waals surface area contributed by atoms with Gasteiger partial charge in [0.2, 0.25) is 0 Å². The van der Waals surface area contributed by atoms with Gasteiger partial charge in [-0.3, -0.25) is 9.59 Å². The molecule has 0 saturated carbocycles. The van der Waals surface area contributed by atoms with Crippen LogP contribution in [0.5, 0.6) is 0 Å². The van der Waals surface area contributed by atoms with Crippen molar-refractivity contribution in [2.45, 2.75) is 38.5 Å². The Labute approximate surface area is 93.9 Å². The molecule has 3 N–H and O–H groups in total. The van der Waals surface area contributed by atoms with E-state index in [4.69, 9.17) is 5.73 Å². The molecule has 2 rings (SSSR count). The Kier molecular flexibility index (Phi) is 2.37. The van der Waals surface area contributed by atoms with Gasteiger partial charge in [-0.05, 0) is 30.9 Å². The average molecular weight is 220 g/mol. The SMILES string of the molecule is CC1(C)CCCc2cc(C(N)=O)c(=O)[nH]c21. The van der Waals surface area contributed by atoms with E-state index in [0.29, 0.717) is 0 Å². The largest absolute Gasteiger partial charge is 0.365 e. The normalized spacial score (nSPS) is 17.9. The first kappa shape index (κ1) is 10.9. The fraction of sp³-hybridized carbons (Fsp3) is 0.500. The highest BCUT2D eigenvalue weighted by Crippen LogP contribution is 2.34. The number of aromatic amines is 1. The van der Waals surface area contributed by atoms with E-state index >= 15 is 0 Å². The summed E-state index contributed by atoms with van der Waals surface area (Å²) in [7, 11) is 0. The topological polar surface area (TPSA) is 76.0 Å². The minimum Gasteiger partial charge on any atom is -0.365 e. The molecular weight excluding hydrogens is 204 g/mol. The minimum absolute atomic E-state index is 0.0249. The van der Waals surface area contributed by atoms with Crippen molar-refractivity contribution in [2.75, 3.05) is 0 Å². The quantitative estimate of drug-likeness (QED) is 0.743. The Balaban J connectivity index is 2.65. The molecule has 4 nitrogen and oxygen atoms in total. The molecule has 0 unspecified atom stereocenters. The predicted molar refractivity (Wildman–Crippen MR) is 61.5 cm³/mol. The number of fused-ring (bicyclic) bond motifs is 1. The monoisotopic (exact) mass is 220 g/mol. The number of aryl methyl sites for hydroxylation is 1. The molecule has 1 aromatic rings. The molecule has 1 aliphatic rings. The van der Waals surface area contributed by atoms with Crippen molar-refractivity contribution in [3.8, 4) is 0 Å². The lowest BCUT2D eigenvalue weighted by Gasteiger charge is -2.31. The number of pyridine rings is 1. The van der Waals surface area contributed by atoms with Crippen molar-refractivity contribution in [3.05, 3.63) is 33.2 Å². The van der Waals surface area contributed by atoms with Crippen LogP contribution in [0.1, 0.15) is 48.3 Å². The van der Waals surface area contributed by atoms with E-state index in [0.717, 1.165) is 30.5 Å². The molecule has 1 amide bonds. The minimum atomic E-state index is -0.660. The number of carbonyl (C=O) groups excluding carboxylic acids is 1. The molecule has 0 aliphatic heterocycles. The predicted octanol–water partition coefficient (Wildman–Crippen LogP) is 1.09. The van der Waals surface area contributed by atoms with E-state index in [9.17, 15) is 9.59 Å². The van der Waals surface area contributed by atoms with Gasteiger partial charge in [0.25, 0.3) is 11.5 Å². The smallest absolute Gasteiger partial charge is 0.261 e. The molecule has 16 heavy (non-hydrogen) atoms. The van der Waals surface area contributed by atoms with Crippen molar-refractivity contribution in [1.29, 1.82) is 0 Å². The van der Waals surface area contributed by atoms with Crippen LogP contribution in [-0.4, -0.2) is 10.9 Å². The van der Waals surface area contributed by atoms with E-state index in [1.807, 2.05) is 0 Å². The second kappa shape index (κ2) is 3.47. The number of primary amides is 1. The van der Waals surface area contributed by atoms with Gasteiger partial charge >= 0.3 is 0 Å². The van der Waals surface area contributed by atoms with Crippen LogP contribution in [0, 0.1) is 0 Å². The molecule has 0 spiro atoms. The number of amides is 1. The fourth-order valence-corrected chi connectivity index (χ4v) is 2.40. The van der Waals surface area contributed by atoms with Crippen LogP contribution in [0.25, 0.3) is 0 Å². The van der Waals surface area contributed by atoms with Gasteiger partial charge < -0.3 is 10.7 Å². The Morgan fingerprint density at radius 2 is 2.19 bits per heavy atom. The Bertz CT molecular complexity index is 500. The number of hydrogen-bond acceptors (Lipinski definition) is 2. The Morgan fingerprint density at radius 1 is 1.50 bits per heavy atom. The van der Waals surface area contributed by atoms with Crippen molar-refractivity contribution in [3.63, 3.8) is 0 Å². The zero-order valence-electron chi connectivity index (χ0n) is 9.59. The summed E-state index contributed by atoms with van der Waals surface area (Å²) in [6.45, 7) is 4.20. The van der Waals surface area contributed by atoms with Crippen LogP contribution in [0.3, 0.4) is 0 Å². The second-order valence-electron chi connectivity index (χ2n) is 5.01. The van der Waals surface area contributed by atoms with E-state index in [2.05, 4.69) is 18.8 Å². The number of nitrogens with one attached hydrogen (secondary N) is 1. The van der Waals surface area contributed by atoms with Gasteiger partial charge in [-0.2, -0.15) is 0 Å². The third-order valence-corrected chi connectivity index (χ3v) is 3.31. The lowest BCUT2D eigenvalue weighted by Crippen LogP contribution is -2.32. The first-order chi connectivity index (χ1) is 7.42. The van der Waals surface area contributed by atoms with Gasteiger partial charge in [-0.25, -0.2) is 0 Å². The number of aromatic nitrogens is 1.